The van der Waals surface area contributed by atoms with Crippen molar-refractivity contribution < 1.29 is 18.5 Å². The summed E-state index contributed by atoms with van der Waals surface area (Å²) in [6.07, 6.45) is 0.293. The summed E-state index contributed by atoms with van der Waals surface area (Å²) >= 11 is 1.44. The van der Waals surface area contributed by atoms with E-state index in [4.69, 9.17) is 4.52 Å². The summed E-state index contributed by atoms with van der Waals surface area (Å²) in [5, 5.41) is 10.3. The maximum absolute atomic E-state index is 13.0. The van der Waals surface area contributed by atoms with Crippen LogP contribution in [0.3, 0.4) is 0 Å². The van der Waals surface area contributed by atoms with Gasteiger partial charge in [-0.25, -0.2) is 4.39 Å². The molecule has 0 aliphatic carbocycles. The van der Waals surface area contributed by atoms with E-state index in [2.05, 4.69) is 15.5 Å². The molecule has 1 unspecified atom stereocenters. The molecule has 1 fully saturated rings. The van der Waals surface area contributed by atoms with Crippen LogP contribution in [-0.4, -0.2) is 33.4 Å². The highest BCUT2D eigenvalue weighted by molar-refractivity contribution is 7.08. The molecule has 4 rings (SSSR count). The molecule has 7 nitrogen and oxygen atoms in total. The Hall–Kier alpha value is -3.07. The third kappa shape index (κ3) is 4.09. The van der Waals surface area contributed by atoms with Gasteiger partial charge in [-0.3, -0.25) is 9.59 Å². The van der Waals surface area contributed by atoms with E-state index in [9.17, 15) is 14.0 Å². The Balaban J connectivity index is 1.34. The second-order valence-corrected chi connectivity index (χ2v) is 7.32. The maximum Gasteiger partial charge on any atom is 0.252 e. The number of benzene rings is 1. The number of aromatic nitrogens is 2. The van der Waals surface area contributed by atoms with Crippen molar-refractivity contribution in [3.05, 3.63) is 69.8 Å². The van der Waals surface area contributed by atoms with E-state index >= 15 is 0 Å². The molecule has 2 amide bonds. The van der Waals surface area contributed by atoms with Crippen LogP contribution in [0.25, 0.3) is 0 Å². The third-order valence-corrected chi connectivity index (χ3v) is 5.22. The standard InChI is InChI=1S/C19H17FN4O3S/c20-15-3-1-12(2-4-15)9-24-10-14(7-17(24)25)18-22-16(27-23-18)8-21-19(26)13-5-6-28-11-13/h1-6,11,14H,7-10H2,(H,21,26). The predicted octanol–water partition coefficient (Wildman–Crippen LogP) is 2.72. The zero-order chi connectivity index (χ0) is 19.5. The third-order valence-electron chi connectivity index (χ3n) is 4.53. The molecule has 1 N–H and O–H groups in total. The monoisotopic (exact) mass is 400 g/mol. The quantitative estimate of drug-likeness (QED) is 0.687. The Kier molecular flexibility index (Phi) is 5.16. The van der Waals surface area contributed by atoms with Crippen molar-refractivity contribution in [3.8, 4) is 0 Å². The summed E-state index contributed by atoms with van der Waals surface area (Å²) in [6.45, 7) is 1.01. The van der Waals surface area contributed by atoms with Crippen LogP contribution in [0.2, 0.25) is 0 Å². The molecule has 0 saturated carbocycles. The molecule has 1 atom stereocenters. The van der Waals surface area contributed by atoms with Crippen LogP contribution in [-0.2, 0) is 17.9 Å². The van der Waals surface area contributed by atoms with Crippen LogP contribution < -0.4 is 5.32 Å². The number of likely N-dealkylation sites (tertiary alicyclic amines) is 1. The lowest BCUT2D eigenvalue weighted by molar-refractivity contribution is -0.128. The second-order valence-electron chi connectivity index (χ2n) is 6.54. The number of nitrogens with one attached hydrogen (secondary N) is 1. The molecule has 9 heteroatoms. The molecular weight excluding hydrogens is 383 g/mol. The first-order chi connectivity index (χ1) is 13.6. The summed E-state index contributed by atoms with van der Waals surface area (Å²) in [7, 11) is 0. The average Bonchev–Trinajstić information content (AvgIpc) is 3.43. The Morgan fingerprint density at radius 1 is 1.32 bits per heavy atom. The fourth-order valence-electron chi connectivity index (χ4n) is 3.07. The van der Waals surface area contributed by atoms with Crippen LogP contribution in [0.5, 0.6) is 0 Å². The van der Waals surface area contributed by atoms with Crippen molar-refractivity contribution in [2.24, 2.45) is 0 Å². The lowest BCUT2D eigenvalue weighted by atomic mass is 10.1. The normalized spacial score (nSPS) is 16.5. The highest BCUT2D eigenvalue weighted by Crippen LogP contribution is 2.27. The summed E-state index contributed by atoms with van der Waals surface area (Å²) in [4.78, 5) is 30.3. The van der Waals surface area contributed by atoms with Crippen LogP contribution in [0, 0.1) is 5.82 Å². The molecular formula is C19H17FN4O3S. The summed E-state index contributed by atoms with van der Waals surface area (Å²) in [5.74, 6) is 0.0597. The SMILES string of the molecule is O=C(NCc1nc(C2CC(=O)N(Cc3ccc(F)cc3)C2)no1)c1ccsc1. The lowest BCUT2D eigenvalue weighted by Crippen LogP contribution is -2.24. The first-order valence-electron chi connectivity index (χ1n) is 8.73. The first kappa shape index (κ1) is 18.3. The minimum absolute atomic E-state index is 0.00793. The highest BCUT2D eigenvalue weighted by atomic mass is 32.1. The number of nitrogens with zero attached hydrogens (tertiary/aromatic N) is 3. The van der Waals surface area contributed by atoms with Crippen molar-refractivity contribution >= 4 is 23.2 Å². The largest absolute Gasteiger partial charge is 0.343 e. The topological polar surface area (TPSA) is 88.3 Å². The van der Waals surface area contributed by atoms with Gasteiger partial charge in [0.05, 0.1) is 6.54 Å². The van der Waals surface area contributed by atoms with Crippen LogP contribution in [0.1, 0.15) is 40.0 Å². The molecule has 2 aromatic heterocycles. The van der Waals surface area contributed by atoms with E-state index in [1.165, 1.54) is 23.5 Å². The molecule has 3 heterocycles. The number of rotatable bonds is 6. The average molecular weight is 400 g/mol. The van der Waals surface area contributed by atoms with Crippen molar-refractivity contribution in [1.82, 2.24) is 20.4 Å². The van der Waals surface area contributed by atoms with Gasteiger partial charge in [-0.2, -0.15) is 16.3 Å². The molecule has 1 saturated heterocycles. The number of carbonyl (C=O) groups excluding carboxylic acids is 2. The Morgan fingerprint density at radius 3 is 2.89 bits per heavy atom. The number of halogens is 1. The van der Waals surface area contributed by atoms with E-state index < -0.39 is 0 Å². The van der Waals surface area contributed by atoms with Crippen LogP contribution >= 0.6 is 11.3 Å². The zero-order valence-corrected chi connectivity index (χ0v) is 15.6. The minimum Gasteiger partial charge on any atom is -0.343 e. The molecule has 3 aromatic rings. The number of hydrogen-bond donors (Lipinski definition) is 1. The first-order valence-corrected chi connectivity index (χ1v) is 9.68. The minimum atomic E-state index is -0.306. The van der Waals surface area contributed by atoms with Crippen molar-refractivity contribution in [3.63, 3.8) is 0 Å². The van der Waals surface area contributed by atoms with E-state index in [1.807, 2.05) is 5.38 Å². The van der Waals surface area contributed by atoms with Gasteiger partial charge in [-0.05, 0) is 29.1 Å². The highest BCUT2D eigenvalue weighted by Gasteiger charge is 2.33. The van der Waals surface area contributed by atoms with Gasteiger partial charge in [0.25, 0.3) is 5.91 Å². The van der Waals surface area contributed by atoms with Gasteiger partial charge >= 0.3 is 0 Å². The molecule has 1 aliphatic heterocycles. The van der Waals surface area contributed by atoms with Crippen molar-refractivity contribution in [2.75, 3.05) is 6.54 Å². The fourth-order valence-corrected chi connectivity index (χ4v) is 3.70. The number of hydrogen-bond acceptors (Lipinski definition) is 6. The van der Waals surface area contributed by atoms with Crippen molar-refractivity contribution in [1.29, 1.82) is 0 Å². The van der Waals surface area contributed by atoms with E-state index in [0.717, 1.165) is 5.56 Å². The van der Waals surface area contributed by atoms with E-state index in [0.29, 0.717) is 36.8 Å². The summed E-state index contributed by atoms with van der Waals surface area (Å²) in [5.41, 5.74) is 1.45. The van der Waals surface area contributed by atoms with Gasteiger partial charge in [-0.1, -0.05) is 17.3 Å². The molecule has 1 aromatic carbocycles. The summed E-state index contributed by atoms with van der Waals surface area (Å²) in [6, 6.07) is 7.82. The van der Waals surface area contributed by atoms with Gasteiger partial charge in [0.1, 0.15) is 5.82 Å². The number of amides is 2. The van der Waals surface area contributed by atoms with E-state index in [1.54, 1.807) is 28.5 Å². The maximum atomic E-state index is 13.0. The lowest BCUT2D eigenvalue weighted by Gasteiger charge is -2.16. The number of thiophene rings is 1. The second kappa shape index (κ2) is 7.89. The molecule has 0 bridgehead atoms. The molecule has 28 heavy (non-hydrogen) atoms. The molecule has 1 aliphatic rings. The predicted molar refractivity (Wildman–Crippen MR) is 99.0 cm³/mol. The van der Waals surface area contributed by atoms with Gasteiger partial charge < -0.3 is 14.7 Å². The molecule has 144 valence electrons. The fraction of sp³-hybridized carbons (Fsp3) is 0.263. The summed E-state index contributed by atoms with van der Waals surface area (Å²) < 4.78 is 18.2. The van der Waals surface area contributed by atoms with Crippen molar-refractivity contribution in [2.45, 2.75) is 25.4 Å². The van der Waals surface area contributed by atoms with Gasteiger partial charge in [0.15, 0.2) is 5.82 Å². The zero-order valence-electron chi connectivity index (χ0n) is 14.8. The van der Waals surface area contributed by atoms with Crippen LogP contribution in [0.4, 0.5) is 4.39 Å². The smallest absolute Gasteiger partial charge is 0.252 e. The number of carbonyl (C=O) groups is 2. The van der Waals surface area contributed by atoms with Gasteiger partial charge in [0.2, 0.25) is 11.8 Å². The Labute approximate surface area is 164 Å². The Morgan fingerprint density at radius 2 is 2.14 bits per heavy atom. The molecule has 0 spiro atoms. The van der Waals surface area contributed by atoms with E-state index in [-0.39, 0.29) is 30.1 Å². The van der Waals surface area contributed by atoms with Gasteiger partial charge in [0, 0.05) is 36.4 Å². The Bertz CT molecular complexity index is 971. The van der Waals surface area contributed by atoms with Crippen LogP contribution in [0.15, 0.2) is 45.6 Å². The van der Waals surface area contributed by atoms with Gasteiger partial charge in [-0.15, -0.1) is 0 Å². The molecule has 0 radical (unpaired) electrons.